The number of nitrogens with one attached hydrogen (secondary N) is 1. The quantitative estimate of drug-likeness (QED) is 0.169. The van der Waals surface area contributed by atoms with Gasteiger partial charge in [-0.15, -0.1) is 6.42 Å². The molecule has 7 rings (SSSR count). The van der Waals surface area contributed by atoms with Gasteiger partial charge in [-0.2, -0.15) is 9.97 Å². The lowest BCUT2D eigenvalue weighted by Crippen LogP contribution is -2.65. The van der Waals surface area contributed by atoms with Crippen molar-refractivity contribution in [3.05, 3.63) is 54.0 Å². The topological polar surface area (TPSA) is 150 Å². The van der Waals surface area contributed by atoms with Crippen molar-refractivity contribution < 1.29 is 42.8 Å². The summed E-state index contributed by atoms with van der Waals surface area (Å²) in [5.74, 6) is 1.39. The lowest BCUT2D eigenvalue weighted by Gasteiger charge is -2.49. The van der Waals surface area contributed by atoms with Gasteiger partial charge in [-0.1, -0.05) is 31.4 Å². The van der Waals surface area contributed by atoms with Crippen LogP contribution in [-0.2, 0) is 16.1 Å². The number of halogens is 2. The first kappa shape index (κ1) is 39.2. The Labute approximate surface area is 324 Å². The van der Waals surface area contributed by atoms with E-state index in [-0.39, 0.29) is 90.3 Å². The molecule has 4 heterocycles. The minimum absolute atomic E-state index is 0.0140. The van der Waals surface area contributed by atoms with Crippen molar-refractivity contribution in [2.75, 3.05) is 50.2 Å². The van der Waals surface area contributed by atoms with Crippen molar-refractivity contribution in [3.8, 4) is 29.9 Å². The summed E-state index contributed by atoms with van der Waals surface area (Å²) in [5, 5.41) is 26.3. The second-order valence-corrected chi connectivity index (χ2v) is 15.8. The van der Waals surface area contributed by atoms with Crippen LogP contribution in [0.25, 0.3) is 10.8 Å². The summed E-state index contributed by atoms with van der Waals surface area (Å²) in [4.78, 5) is 40.9. The van der Waals surface area contributed by atoms with Gasteiger partial charge in [0, 0.05) is 57.3 Å². The largest absolute Gasteiger partial charge is 0.508 e. The molecule has 1 saturated carbocycles. The highest BCUT2D eigenvalue weighted by Gasteiger charge is 2.57. The lowest BCUT2D eigenvalue weighted by atomic mass is 9.79. The normalized spacial score (nSPS) is 22.7. The summed E-state index contributed by atoms with van der Waals surface area (Å²) < 4.78 is 48.4. The molecular weight excluding hydrogens is 726 g/mol. The average molecular weight is 775 g/mol. The fourth-order valence-corrected chi connectivity index (χ4v) is 8.99. The summed E-state index contributed by atoms with van der Waals surface area (Å²) in [6.45, 7) is 7.97. The Bertz CT molecular complexity index is 2070. The van der Waals surface area contributed by atoms with E-state index in [9.17, 15) is 19.8 Å². The van der Waals surface area contributed by atoms with Crippen molar-refractivity contribution in [2.24, 2.45) is 0 Å². The monoisotopic (exact) mass is 774 g/mol. The van der Waals surface area contributed by atoms with Crippen LogP contribution in [-0.4, -0.2) is 111 Å². The highest BCUT2D eigenvalue weighted by Crippen LogP contribution is 2.45. The summed E-state index contributed by atoms with van der Waals surface area (Å²) in [7, 11) is 1.73. The van der Waals surface area contributed by atoms with Gasteiger partial charge in [-0.05, 0) is 63.1 Å². The van der Waals surface area contributed by atoms with Gasteiger partial charge >= 0.3 is 12.1 Å². The molecule has 2 amide bonds. The first-order valence-corrected chi connectivity index (χ1v) is 19.0. The molecule has 3 fully saturated rings. The fraction of sp³-hybridized carbons (Fsp3) is 0.512. The van der Waals surface area contributed by atoms with Crippen LogP contribution in [0.15, 0.2) is 36.9 Å². The molecule has 1 aliphatic carbocycles. The molecule has 3 N–H and O–H groups in total. The summed E-state index contributed by atoms with van der Waals surface area (Å²) in [5.41, 5.74) is -2.96. The smallest absolute Gasteiger partial charge is 0.420 e. The van der Waals surface area contributed by atoms with Gasteiger partial charge < -0.3 is 34.6 Å². The Morgan fingerprint density at radius 1 is 1.25 bits per heavy atom. The molecule has 4 aliphatic rings. The van der Waals surface area contributed by atoms with Crippen molar-refractivity contribution in [1.29, 1.82) is 0 Å². The maximum Gasteiger partial charge on any atom is 0.420 e. The van der Waals surface area contributed by atoms with E-state index in [2.05, 4.69) is 22.8 Å². The first-order chi connectivity index (χ1) is 26.7. The van der Waals surface area contributed by atoms with E-state index < -0.39 is 34.8 Å². The number of fused-ring (bicyclic) bond motifs is 2. The van der Waals surface area contributed by atoms with Gasteiger partial charge in [-0.25, -0.2) is 13.6 Å². The number of alkyl halides is 1. The van der Waals surface area contributed by atoms with Crippen LogP contribution in [0.1, 0.15) is 70.1 Å². The molecule has 1 aromatic heterocycles. The minimum Gasteiger partial charge on any atom is -0.508 e. The van der Waals surface area contributed by atoms with Crippen LogP contribution in [0, 0.1) is 18.2 Å². The first-order valence-electron chi connectivity index (χ1n) is 19.0. The predicted octanol–water partition coefficient (Wildman–Crippen LogP) is 5.46. The number of anilines is 2. The SMILES string of the molecule is C#Cc1c(F)ccc2cc(O)cc(N3Cc4nc(OC[C@]5(C(C)(C)O)C[C@@H](F)CN5C5CCOCC5)nc(NCC5(N(C)C(=O)C=C)CCCC5)c4OC3=O)c12. The number of phenols is 1. The van der Waals surface area contributed by atoms with E-state index in [0.29, 0.717) is 44.3 Å². The highest BCUT2D eigenvalue weighted by atomic mass is 19.1. The molecule has 298 valence electrons. The number of ether oxygens (including phenoxy) is 3. The van der Waals surface area contributed by atoms with Crippen LogP contribution >= 0.6 is 0 Å². The molecule has 13 nitrogen and oxygen atoms in total. The second kappa shape index (κ2) is 15.1. The molecule has 3 aliphatic heterocycles. The molecular formula is C41H48F2N6O7. The number of amides is 2. The standard InChI is InChI=1S/C41H48F2N6O7/c1-6-29-30(43)11-10-25-18-28(50)19-32(34(25)29)48-22-31-35(56-38(48)52)36(44-23-40(14-8-9-15-40)47(5)33(51)7-2)46-37(45-31)55-24-41(39(3,4)53)20-26(42)21-49(41)27-12-16-54-17-13-27/h1,7,10-11,18-19,26-27,50,53H,2,8-9,12-17,20-24H2,3-5H3,(H,44,45,46)/t26-,41+/m1/s1. The van der Waals surface area contributed by atoms with Crippen LogP contribution < -0.4 is 19.7 Å². The number of hydrogen-bond donors (Lipinski definition) is 3. The maximum atomic E-state index is 15.4. The Balaban J connectivity index is 1.29. The van der Waals surface area contributed by atoms with Gasteiger partial charge in [0.2, 0.25) is 5.91 Å². The number of rotatable bonds is 11. The third-order valence-electron chi connectivity index (χ3n) is 12.1. The molecule has 0 bridgehead atoms. The van der Waals surface area contributed by atoms with Gasteiger partial charge in [0.15, 0.2) is 11.6 Å². The average Bonchev–Trinajstić information content (AvgIpc) is 3.81. The van der Waals surface area contributed by atoms with Crippen molar-refractivity contribution in [2.45, 2.75) is 94.2 Å². The van der Waals surface area contributed by atoms with Gasteiger partial charge in [0.1, 0.15) is 30.0 Å². The number of carbonyl (C=O) groups excluding carboxylic acids is 2. The number of carbonyl (C=O) groups is 2. The molecule has 2 atom stereocenters. The summed E-state index contributed by atoms with van der Waals surface area (Å²) in [6.07, 6.45) is 9.49. The van der Waals surface area contributed by atoms with Gasteiger partial charge in [0.25, 0.3) is 0 Å². The highest BCUT2D eigenvalue weighted by molar-refractivity contribution is 6.06. The van der Waals surface area contributed by atoms with Crippen LogP contribution in [0.2, 0.25) is 0 Å². The lowest BCUT2D eigenvalue weighted by molar-refractivity contribution is -0.129. The Morgan fingerprint density at radius 2 is 1.98 bits per heavy atom. The van der Waals surface area contributed by atoms with E-state index in [1.807, 2.05) is 4.90 Å². The maximum absolute atomic E-state index is 15.4. The number of benzene rings is 2. The zero-order valence-electron chi connectivity index (χ0n) is 31.9. The molecule has 3 aromatic rings. The Kier molecular flexibility index (Phi) is 10.6. The van der Waals surface area contributed by atoms with Gasteiger partial charge in [-0.3, -0.25) is 14.6 Å². The number of aromatic nitrogens is 2. The van der Waals surface area contributed by atoms with Crippen LogP contribution in [0.3, 0.4) is 0 Å². The van der Waals surface area contributed by atoms with E-state index in [1.165, 1.54) is 35.2 Å². The van der Waals surface area contributed by atoms with E-state index in [0.717, 1.165) is 12.8 Å². The Hall–Kier alpha value is -5.04. The molecule has 15 heteroatoms. The zero-order valence-corrected chi connectivity index (χ0v) is 31.9. The van der Waals surface area contributed by atoms with Crippen LogP contribution in [0.4, 0.5) is 25.1 Å². The van der Waals surface area contributed by atoms with Crippen molar-refractivity contribution >= 4 is 34.3 Å². The number of aromatic hydroxyl groups is 1. The van der Waals surface area contributed by atoms with Gasteiger partial charge in [0.05, 0.1) is 34.5 Å². The molecule has 0 radical (unpaired) electrons. The van der Waals surface area contributed by atoms with Crippen molar-refractivity contribution in [3.63, 3.8) is 0 Å². The summed E-state index contributed by atoms with van der Waals surface area (Å²) in [6, 6.07) is 5.19. The zero-order chi connectivity index (χ0) is 40.0. The number of phenolic OH excluding ortho intramolecular Hbond substituents is 1. The summed E-state index contributed by atoms with van der Waals surface area (Å²) >= 11 is 0. The number of terminal acetylenes is 1. The van der Waals surface area contributed by atoms with Crippen molar-refractivity contribution in [1.82, 2.24) is 19.8 Å². The number of aliphatic hydroxyl groups is 1. The minimum atomic E-state index is -1.41. The number of nitrogens with zero attached hydrogens (tertiary/aromatic N) is 5. The molecule has 0 unspecified atom stereocenters. The number of likely N-dealkylation sites (tertiary alicyclic amines) is 1. The molecule has 2 saturated heterocycles. The second-order valence-electron chi connectivity index (χ2n) is 15.8. The third-order valence-corrected chi connectivity index (χ3v) is 12.1. The molecule has 2 aromatic carbocycles. The van der Waals surface area contributed by atoms with E-state index in [1.54, 1.807) is 25.8 Å². The number of likely N-dealkylation sites (N-methyl/N-ethyl adjacent to an activating group) is 1. The van der Waals surface area contributed by atoms with E-state index >= 15 is 8.78 Å². The van der Waals surface area contributed by atoms with Crippen LogP contribution in [0.5, 0.6) is 17.5 Å². The molecule has 56 heavy (non-hydrogen) atoms. The number of hydrogen-bond acceptors (Lipinski definition) is 11. The molecule has 0 spiro atoms. The van der Waals surface area contributed by atoms with E-state index in [4.69, 9.17) is 25.6 Å². The predicted molar refractivity (Wildman–Crippen MR) is 205 cm³/mol. The fourth-order valence-electron chi connectivity index (χ4n) is 8.99. The Morgan fingerprint density at radius 3 is 2.66 bits per heavy atom. The third kappa shape index (κ3) is 6.99.